The Kier molecular flexibility index (Phi) is 4.94. The lowest BCUT2D eigenvalue weighted by molar-refractivity contribution is 0.240. The van der Waals surface area contributed by atoms with Gasteiger partial charge in [-0.1, -0.05) is 45.0 Å². The van der Waals surface area contributed by atoms with E-state index in [9.17, 15) is 0 Å². The van der Waals surface area contributed by atoms with E-state index < -0.39 is 0 Å². The Labute approximate surface area is 111 Å². The molecule has 2 N–H and O–H groups in total. The van der Waals surface area contributed by atoms with Gasteiger partial charge in [-0.3, -0.25) is 0 Å². The number of rotatable bonds is 5. The van der Waals surface area contributed by atoms with Crippen molar-refractivity contribution >= 4 is 0 Å². The van der Waals surface area contributed by atoms with Gasteiger partial charge < -0.3 is 10.4 Å². The third-order valence-electron chi connectivity index (χ3n) is 2.95. The summed E-state index contributed by atoms with van der Waals surface area (Å²) in [5.41, 5.74) is 2.69. The first kappa shape index (κ1) is 15.2. The summed E-state index contributed by atoms with van der Waals surface area (Å²) >= 11 is 0. The van der Waals surface area contributed by atoms with Gasteiger partial charge >= 0.3 is 0 Å². The summed E-state index contributed by atoms with van der Waals surface area (Å²) in [5.74, 6) is 0. The van der Waals surface area contributed by atoms with Crippen molar-refractivity contribution in [1.29, 1.82) is 0 Å². The molecule has 0 amide bonds. The molecule has 102 valence electrons. The van der Waals surface area contributed by atoms with Crippen molar-refractivity contribution in [2.75, 3.05) is 0 Å². The van der Waals surface area contributed by atoms with Gasteiger partial charge in [0.15, 0.2) is 0 Å². The molecule has 2 nitrogen and oxygen atoms in total. The van der Waals surface area contributed by atoms with Crippen LogP contribution in [0.4, 0.5) is 0 Å². The highest BCUT2D eigenvalue weighted by Crippen LogP contribution is 2.27. The summed E-state index contributed by atoms with van der Waals surface area (Å²) in [4.78, 5) is 0. The maximum Gasteiger partial charge on any atom is 0.0681 e. The zero-order valence-electron chi connectivity index (χ0n) is 12.4. The molecule has 0 aromatic heterocycles. The molecule has 0 heterocycles. The molecule has 0 fully saturated rings. The van der Waals surface area contributed by atoms with Gasteiger partial charge in [-0.05, 0) is 36.8 Å². The lowest BCUT2D eigenvalue weighted by atomic mass is 9.82. The summed E-state index contributed by atoms with van der Waals surface area (Å²) in [6.07, 6.45) is 1.13. The first-order chi connectivity index (χ1) is 8.22. The van der Waals surface area contributed by atoms with Crippen molar-refractivity contribution in [3.63, 3.8) is 0 Å². The van der Waals surface area contributed by atoms with Crippen LogP contribution in [-0.4, -0.2) is 10.6 Å². The molecular weight excluding hydrogens is 222 g/mol. The van der Waals surface area contributed by atoms with Crippen molar-refractivity contribution in [2.45, 2.75) is 59.7 Å². The van der Waals surface area contributed by atoms with Crippen LogP contribution >= 0.6 is 0 Å². The average Bonchev–Trinajstić information content (AvgIpc) is 2.24. The highest BCUT2D eigenvalue weighted by molar-refractivity contribution is 5.22. The number of benzene rings is 1. The molecule has 0 aliphatic heterocycles. The van der Waals surface area contributed by atoms with E-state index in [4.69, 9.17) is 5.11 Å². The second-order valence-electron chi connectivity index (χ2n) is 6.95. The van der Waals surface area contributed by atoms with Crippen LogP contribution in [0.2, 0.25) is 0 Å². The smallest absolute Gasteiger partial charge is 0.0681 e. The van der Waals surface area contributed by atoms with Crippen molar-refractivity contribution in [2.24, 2.45) is 5.41 Å². The maximum absolute atomic E-state index is 9.00. The van der Waals surface area contributed by atoms with E-state index >= 15 is 0 Å². The first-order valence-corrected chi connectivity index (χ1v) is 6.66. The van der Waals surface area contributed by atoms with E-state index in [0.29, 0.717) is 5.41 Å². The highest BCUT2D eigenvalue weighted by Gasteiger charge is 2.24. The number of hydrogen-bond acceptors (Lipinski definition) is 2. The molecule has 0 radical (unpaired) electrons. The summed E-state index contributed by atoms with van der Waals surface area (Å²) < 4.78 is 0. The zero-order valence-corrected chi connectivity index (χ0v) is 12.4. The molecule has 0 saturated heterocycles. The predicted molar refractivity (Wildman–Crippen MR) is 77.4 cm³/mol. The molecule has 0 atom stereocenters. The van der Waals surface area contributed by atoms with Gasteiger partial charge in [0.05, 0.1) is 6.61 Å². The van der Waals surface area contributed by atoms with Gasteiger partial charge in [-0.15, -0.1) is 0 Å². The van der Waals surface area contributed by atoms with E-state index in [1.165, 1.54) is 5.56 Å². The summed E-state index contributed by atoms with van der Waals surface area (Å²) in [7, 11) is 0. The molecule has 2 heteroatoms. The lowest BCUT2D eigenvalue weighted by Gasteiger charge is -2.33. The van der Waals surface area contributed by atoms with Crippen LogP contribution in [0, 0.1) is 5.41 Å². The van der Waals surface area contributed by atoms with Crippen LogP contribution in [0.15, 0.2) is 24.3 Å². The Hall–Kier alpha value is -0.860. The van der Waals surface area contributed by atoms with Gasteiger partial charge in [0.1, 0.15) is 0 Å². The predicted octanol–water partition coefficient (Wildman–Crippen LogP) is 3.48. The Morgan fingerprint density at radius 2 is 1.44 bits per heavy atom. The standard InChI is InChI=1S/C16H27NO/c1-15(2,3)12-16(4,5)17-10-13-6-8-14(11-18)9-7-13/h6-9,17-18H,10-12H2,1-5H3. The zero-order chi connectivity index (χ0) is 13.8. The highest BCUT2D eigenvalue weighted by atomic mass is 16.3. The van der Waals surface area contributed by atoms with Crippen LogP contribution < -0.4 is 5.32 Å². The summed E-state index contributed by atoms with van der Waals surface area (Å²) in [6.45, 7) is 12.3. The monoisotopic (exact) mass is 249 g/mol. The minimum atomic E-state index is 0.114. The Balaban J connectivity index is 2.53. The average molecular weight is 249 g/mol. The maximum atomic E-state index is 9.00. The lowest BCUT2D eigenvalue weighted by Crippen LogP contribution is -2.41. The van der Waals surface area contributed by atoms with Crippen LogP contribution in [0.25, 0.3) is 0 Å². The Morgan fingerprint density at radius 1 is 0.944 bits per heavy atom. The van der Waals surface area contributed by atoms with Crippen LogP contribution in [-0.2, 0) is 13.2 Å². The molecule has 0 spiro atoms. The third kappa shape index (κ3) is 5.65. The van der Waals surface area contributed by atoms with E-state index in [1.54, 1.807) is 0 Å². The molecule has 1 rings (SSSR count). The van der Waals surface area contributed by atoms with E-state index in [0.717, 1.165) is 18.5 Å². The third-order valence-corrected chi connectivity index (χ3v) is 2.95. The molecule has 18 heavy (non-hydrogen) atoms. The first-order valence-electron chi connectivity index (χ1n) is 6.66. The normalized spacial score (nSPS) is 12.8. The minimum Gasteiger partial charge on any atom is -0.392 e. The Morgan fingerprint density at radius 3 is 1.89 bits per heavy atom. The largest absolute Gasteiger partial charge is 0.392 e. The molecular formula is C16H27NO. The topological polar surface area (TPSA) is 32.3 Å². The fraction of sp³-hybridized carbons (Fsp3) is 0.625. The molecule has 1 aromatic rings. The minimum absolute atomic E-state index is 0.114. The van der Waals surface area contributed by atoms with Gasteiger partial charge in [0.2, 0.25) is 0 Å². The number of nitrogens with one attached hydrogen (secondary N) is 1. The Bertz CT molecular complexity index is 360. The number of aliphatic hydroxyl groups excluding tert-OH is 1. The number of hydrogen-bond donors (Lipinski definition) is 2. The SMILES string of the molecule is CC(C)(C)CC(C)(C)NCc1ccc(CO)cc1. The second kappa shape index (κ2) is 5.85. The van der Waals surface area contributed by atoms with Crippen LogP contribution in [0.3, 0.4) is 0 Å². The summed E-state index contributed by atoms with van der Waals surface area (Å²) in [6, 6.07) is 8.11. The molecule has 0 saturated carbocycles. The van der Waals surface area contributed by atoms with Crippen LogP contribution in [0.5, 0.6) is 0 Å². The second-order valence-corrected chi connectivity index (χ2v) is 6.95. The van der Waals surface area contributed by atoms with Crippen molar-refractivity contribution in [3.8, 4) is 0 Å². The van der Waals surface area contributed by atoms with E-state index in [-0.39, 0.29) is 12.1 Å². The van der Waals surface area contributed by atoms with Gasteiger partial charge in [0, 0.05) is 12.1 Å². The molecule has 0 aliphatic rings. The molecule has 1 aromatic carbocycles. The molecule has 0 bridgehead atoms. The molecule has 0 unspecified atom stereocenters. The van der Waals surface area contributed by atoms with Gasteiger partial charge in [-0.2, -0.15) is 0 Å². The van der Waals surface area contributed by atoms with E-state index in [1.807, 2.05) is 12.1 Å². The molecule has 0 aliphatic carbocycles. The van der Waals surface area contributed by atoms with Gasteiger partial charge in [-0.25, -0.2) is 0 Å². The quantitative estimate of drug-likeness (QED) is 0.837. The van der Waals surface area contributed by atoms with Crippen molar-refractivity contribution in [3.05, 3.63) is 35.4 Å². The van der Waals surface area contributed by atoms with Gasteiger partial charge in [0.25, 0.3) is 0 Å². The van der Waals surface area contributed by atoms with Crippen molar-refractivity contribution < 1.29 is 5.11 Å². The van der Waals surface area contributed by atoms with E-state index in [2.05, 4.69) is 52.1 Å². The van der Waals surface area contributed by atoms with Crippen LogP contribution in [0.1, 0.15) is 52.2 Å². The summed E-state index contributed by atoms with van der Waals surface area (Å²) in [5, 5.41) is 12.6. The van der Waals surface area contributed by atoms with Crippen molar-refractivity contribution in [1.82, 2.24) is 5.32 Å². The fourth-order valence-electron chi connectivity index (χ4n) is 2.49. The number of aliphatic hydroxyl groups is 1. The fourth-order valence-corrected chi connectivity index (χ4v) is 2.49.